The van der Waals surface area contributed by atoms with Crippen LogP contribution in [0.25, 0.3) is 0 Å². The van der Waals surface area contributed by atoms with Crippen molar-refractivity contribution in [2.24, 2.45) is 11.8 Å². The van der Waals surface area contributed by atoms with Crippen LogP contribution in [0.4, 0.5) is 4.79 Å². The van der Waals surface area contributed by atoms with Gasteiger partial charge in [-0.15, -0.1) is 0 Å². The molecule has 138 valence electrons. The molecular formula is C21H31NO3. The highest BCUT2D eigenvalue weighted by Gasteiger charge is 2.42. The zero-order chi connectivity index (χ0) is 18.2. The van der Waals surface area contributed by atoms with E-state index in [1.54, 1.807) is 0 Å². The largest absolute Gasteiger partial charge is 0.444 e. The van der Waals surface area contributed by atoms with Gasteiger partial charge in [0.1, 0.15) is 5.60 Å². The number of ether oxygens (including phenoxy) is 1. The van der Waals surface area contributed by atoms with Gasteiger partial charge in [-0.05, 0) is 63.5 Å². The Hall–Kier alpha value is -1.55. The maximum absolute atomic E-state index is 12.7. The fourth-order valence-electron chi connectivity index (χ4n) is 4.30. The number of benzene rings is 1. The maximum atomic E-state index is 12.7. The van der Waals surface area contributed by atoms with Gasteiger partial charge in [-0.25, -0.2) is 4.79 Å². The molecule has 4 atom stereocenters. The number of nitrogens with zero attached hydrogens (tertiary/aromatic N) is 1. The van der Waals surface area contributed by atoms with Crippen molar-refractivity contribution in [1.29, 1.82) is 0 Å². The van der Waals surface area contributed by atoms with Gasteiger partial charge in [-0.1, -0.05) is 31.2 Å². The summed E-state index contributed by atoms with van der Waals surface area (Å²) in [5.41, 5.74) is 1.77. The number of piperidine rings is 1. The number of aliphatic hydroxyl groups excluding tert-OH is 1. The Morgan fingerprint density at radius 3 is 2.68 bits per heavy atom. The molecule has 1 N–H and O–H groups in total. The normalized spacial score (nSPS) is 29.9. The first-order valence-electron chi connectivity index (χ1n) is 9.52. The lowest BCUT2D eigenvalue weighted by Gasteiger charge is -2.45. The third kappa shape index (κ3) is 4.00. The van der Waals surface area contributed by atoms with Crippen molar-refractivity contribution in [3.63, 3.8) is 0 Å². The molecular weight excluding hydrogens is 314 g/mol. The molecule has 1 heterocycles. The second-order valence-electron chi connectivity index (χ2n) is 8.72. The summed E-state index contributed by atoms with van der Waals surface area (Å²) in [7, 11) is 0. The fourth-order valence-corrected chi connectivity index (χ4v) is 4.30. The predicted molar refractivity (Wildman–Crippen MR) is 98.3 cm³/mol. The topological polar surface area (TPSA) is 49.8 Å². The van der Waals surface area contributed by atoms with Gasteiger partial charge in [0.15, 0.2) is 0 Å². The van der Waals surface area contributed by atoms with Crippen LogP contribution in [-0.2, 0) is 11.2 Å². The van der Waals surface area contributed by atoms with Gasteiger partial charge in [0.2, 0.25) is 0 Å². The second kappa shape index (κ2) is 6.99. The van der Waals surface area contributed by atoms with Crippen LogP contribution in [0, 0.1) is 11.8 Å². The molecule has 0 spiro atoms. The zero-order valence-electron chi connectivity index (χ0n) is 15.9. The van der Waals surface area contributed by atoms with Crippen LogP contribution in [0.5, 0.6) is 0 Å². The van der Waals surface area contributed by atoms with Crippen molar-refractivity contribution >= 4 is 6.09 Å². The number of aliphatic hydroxyl groups is 1. The molecule has 0 radical (unpaired) electrons. The van der Waals surface area contributed by atoms with E-state index in [9.17, 15) is 9.90 Å². The van der Waals surface area contributed by atoms with Crippen molar-refractivity contribution in [1.82, 2.24) is 4.90 Å². The van der Waals surface area contributed by atoms with E-state index in [1.165, 1.54) is 5.56 Å². The summed E-state index contributed by atoms with van der Waals surface area (Å²) in [6, 6.07) is 8.18. The van der Waals surface area contributed by atoms with Gasteiger partial charge < -0.3 is 14.7 Å². The van der Waals surface area contributed by atoms with Gasteiger partial charge in [0, 0.05) is 18.5 Å². The van der Waals surface area contributed by atoms with E-state index < -0.39 is 11.7 Å². The zero-order valence-corrected chi connectivity index (χ0v) is 15.9. The minimum atomic E-state index is -0.509. The molecule has 1 aliphatic heterocycles. The van der Waals surface area contributed by atoms with Crippen molar-refractivity contribution < 1.29 is 14.6 Å². The van der Waals surface area contributed by atoms with E-state index >= 15 is 0 Å². The molecule has 1 aromatic carbocycles. The van der Waals surface area contributed by atoms with Gasteiger partial charge in [-0.2, -0.15) is 0 Å². The molecule has 0 bridgehead atoms. The Bertz CT molecular complexity index is 622. The number of fused-ring (bicyclic) bond motifs is 1. The van der Waals surface area contributed by atoms with E-state index in [2.05, 4.69) is 13.0 Å². The van der Waals surface area contributed by atoms with Gasteiger partial charge in [0.25, 0.3) is 0 Å². The Morgan fingerprint density at radius 1 is 1.24 bits per heavy atom. The van der Waals surface area contributed by atoms with E-state index in [4.69, 9.17) is 4.74 Å². The number of likely N-dealkylation sites (tertiary alicyclic amines) is 1. The number of carbonyl (C=O) groups excluding carboxylic acids is 1. The van der Waals surface area contributed by atoms with Gasteiger partial charge in [0.05, 0.1) is 6.10 Å². The minimum absolute atomic E-state index is 0.0435. The summed E-state index contributed by atoms with van der Waals surface area (Å²) in [4.78, 5) is 14.6. The highest BCUT2D eigenvalue weighted by Crippen LogP contribution is 2.41. The molecule has 0 aromatic heterocycles. The number of hydrogen-bond acceptors (Lipinski definition) is 3. The molecule has 4 heteroatoms. The van der Waals surface area contributed by atoms with Crippen LogP contribution >= 0.6 is 0 Å². The molecule has 1 aliphatic carbocycles. The van der Waals surface area contributed by atoms with Crippen molar-refractivity contribution in [3.8, 4) is 0 Å². The third-order valence-corrected chi connectivity index (χ3v) is 5.56. The SMILES string of the molecule is CC1CCN(C(=O)OC(C)(C)C)C(C2CCc3ccccc3C2O)C1. The number of hydrogen-bond donors (Lipinski definition) is 1. The summed E-state index contributed by atoms with van der Waals surface area (Å²) in [5.74, 6) is 0.637. The van der Waals surface area contributed by atoms with E-state index in [0.29, 0.717) is 12.5 Å². The van der Waals surface area contributed by atoms with Gasteiger partial charge >= 0.3 is 6.09 Å². The standard InChI is InChI=1S/C21H31NO3/c1-14-11-12-22(20(24)25-21(2,3)4)18(13-14)17-10-9-15-7-5-6-8-16(15)19(17)23/h5-8,14,17-19,23H,9-13H2,1-4H3. The Kier molecular flexibility index (Phi) is 5.10. The first kappa shape index (κ1) is 18.2. The molecule has 3 rings (SSSR count). The van der Waals surface area contributed by atoms with E-state index in [0.717, 1.165) is 31.2 Å². The highest BCUT2D eigenvalue weighted by atomic mass is 16.6. The fraction of sp³-hybridized carbons (Fsp3) is 0.667. The third-order valence-electron chi connectivity index (χ3n) is 5.56. The average Bonchev–Trinajstić information content (AvgIpc) is 2.53. The molecule has 4 unspecified atom stereocenters. The lowest BCUT2D eigenvalue weighted by molar-refractivity contribution is -0.0280. The summed E-state index contributed by atoms with van der Waals surface area (Å²) >= 11 is 0. The quantitative estimate of drug-likeness (QED) is 0.825. The Balaban J connectivity index is 1.83. The van der Waals surface area contributed by atoms with Crippen molar-refractivity contribution in [2.75, 3.05) is 6.54 Å². The van der Waals surface area contributed by atoms with Crippen LogP contribution in [-0.4, -0.2) is 34.3 Å². The van der Waals surface area contributed by atoms with E-state index in [1.807, 2.05) is 43.9 Å². The number of amides is 1. The predicted octanol–water partition coefficient (Wildman–Crippen LogP) is 4.32. The smallest absolute Gasteiger partial charge is 0.410 e. The first-order valence-corrected chi connectivity index (χ1v) is 9.52. The second-order valence-corrected chi connectivity index (χ2v) is 8.72. The summed E-state index contributed by atoms with van der Waals surface area (Å²) in [6.45, 7) is 8.66. The molecule has 1 aromatic rings. The monoisotopic (exact) mass is 345 g/mol. The number of aryl methyl sites for hydroxylation is 1. The van der Waals surface area contributed by atoms with Crippen molar-refractivity contribution in [3.05, 3.63) is 35.4 Å². The van der Waals surface area contributed by atoms with E-state index in [-0.39, 0.29) is 18.1 Å². The van der Waals surface area contributed by atoms with Crippen LogP contribution in [0.3, 0.4) is 0 Å². The molecule has 1 saturated heterocycles. The van der Waals surface area contributed by atoms with Crippen LogP contribution in [0.1, 0.15) is 64.2 Å². The Morgan fingerprint density at radius 2 is 1.96 bits per heavy atom. The minimum Gasteiger partial charge on any atom is -0.444 e. The van der Waals surface area contributed by atoms with Crippen LogP contribution in [0.2, 0.25) is 0 Å². The maximum Gasteiger partial charge on any atom is 0.410 e. The summed E-state index contributed by atoms with van der Waals surface area (Å²) < 4.78 is 5.64. The molecule has 1 amide bonds. The first-order chi connectivity index (χ1) is 11.8. The number of carbonyl (C=O) groups is 1. The molecule has 4 nitrogen and oxygen atoms in total. The molecule has 25 heavy (non-hydrogen) atoms. The Labute approximate surface area is 151 Å². The lowest BCUT2D eigenvalue weighted by Crippen LogP contribution is -2.52. The van der Waals surface area contributed by atoms with Crippen LogP contribution in [0.15, 0.2) is 24.3 Å². The number of rotatable bonds is 1. The summed E-state index contributed by atoms with van der Waals surface area (Å²) in [6.07, 6.45) is 3.05. The molecule has 2 aliphatic rings. The van der Waals surface area contributed by atoms with Crippen molar-refractivity contribution in [2.45, 2.75) is 71.1 Å². The van der Waals surface area contributed by atoms with Gasteiger partial charge in [-0.3, -0.25) is 0 Å². The average molecular weight is 345 g/mol. The summed E-state index contributed by atoms with van der Waals surface area (Å²) in [5, 5.41) is 11.0. The molecule has 1 fully saturated rings. The van der Waals surface area contributed by atoms with Crippen LogP contribution < -0.4 is 0 Å². The lowest BCUT2D eigenvalue weighted by atomic mass is 9.73. The molecule has 0 saturated carbocycles. The highest BCUT2D eigenvalue weighted by molar-refractivity contribution is 5.68.